The van der Waals surface area contributed by atoms with Gasteiger partial charge in [-0.05, 0) is 18.2 Å². The molecular formula is C15H13N3O5. The van der Waals surface area contributed by atoms with Crippen molar-refractivity contribution in [2.24, 2.45) is 5.10 Å². The van der Waals surface area contributed by atoms with Gasteiger partial charge in [-0.3, -0.25) is 14.9 Å². The molecule has 0 radical (unpaired) electrons. The minimum Gasteiger partial charge on any atom is -0.507 e. The van der Waals surface area contributed by atoms with E-state index in [4.69, 9.17) is 4.74 Å². The third-order valence-corrected chi connectivity index (χ3v) is 2.73. The van der Waals surface area contributed by atoms with E-state index in [1.807, 2.05) is 6.07 Å². The monoisotopic (exact) mass is 315 g/mol. The van der Waals surface area contributed by atoms with Crippen molar-refractivity contribution in [2.75, 3.05) is 6.61 Å². The Morgan fingerprint density at radius 2 is 2.04 bits per heavy atom. The van der Waals surface area contributed by atoms with E-state index in [0.717, 1.165) is 12.3 Å². The molecule has 0 aliphatic carbocycles. The number of carbonyl (C=O) groups is 1. The number of hydrogen-bond donors (Lipinski definition) is 2. The van der Waals surface area contributed by atoms with Crippen LogP contribution in [0.5, 0.6) is 11.5 Å². The molecule has 1 amide bonds. The lowest BCUT2D eigenvalue weighted by Gasteiger charge is -2.04. The van der Waals surface area contributed by atoms with Crippen LogP contribution >= 0.6 is 0 Å². The molecule has 23 heavy (non-hydrogen) atoms. The standard InChI is InChI=1S/C15H13N3O5/c19-14-7-6-12(18(21)22)8-11(14)9-16-17-15(20)10-23-13-4-2-1-3-5-13/h1-9,19H,10H2,(H,17,20)/b16-9+. The Labute approximate surface area is 131 Å². The molecule has 0 spiro atoms. The number of amides is 1. The van der Waals surface area contributed by atoms with Crippen molar-refractivity contribution in [2.45, 2.75) is 0 Å². The third kappa shape index (κ3) is 4.81. The van der Waals surface area contributed by atoms with Crippen molar-refractivity contribution in [1.82, 2.24) is 5.43 Å². The molecule has 0 fully saturated rings. The van der Waals surface area contributed by atoms with Gasteiger partial charge in [-0.25, -0.2) is 5.43 Å². The zero-order chi connectivity index (χ0) is 16.7. The van der Waals surface area contributed by atoms with E-state index in [9.17, 15) is 20.0 Å². The van der Waals surface area contributed by atoms with Crippen LogP contribution in [0.1, 0.15) is 5.56 Å². The van der Waals surface area contributed by atoms with Gasteiger partial charge >= 0.3 is 0 Å². The molecule has 0 aromatic heterocycles. The van der Waals surface area contributed by atoms with Crippen LogP contribution in [0, 0.1) is 10.1 Å². The van der Waals surface area contributed by atoms with Crippen LogP contribution in [0.25, 0.3) is 0 Å². The number of carbonyl (C=O) groups excluding carboxylic acids is 1. The third-order valence-electron chi connectivity index (χ3n) is 2.73. The van der Waals surface area contributed by atoms with Crippen LogP contribution < -0.4 is 10.2 Å². The fraction of sp³-hybridized carbons (Fsp3) is 0.0667. The van der Waals surface area contributed by atoms with E-state index in [0.29, 0.717) is 5.75 Å². The number of phenols is 1. The van der Waals surface area contributed by atoms with Gasteiger partial charge in [0.2, 0.25) is 0 Å². The molecule has 0 aliphatic heterocycles. The van der Waals surface area contributed by atoms with Crippen molar-refractivity contribution < 1.29 is 19.6 Å². The minimum atomic E-state index is -0.594. The first-order chi connectivity index (χ1) is 11.1. The van der Waals surface area contributed by atoms with Gasteiger partial charge in [0.25, 0.3) is 11.6 Å². The van der Waals surface area contributed by atoms with Gasteiger partial charge < -0.3 is 9.84 Å². The Morgan fingerprint density at radius 3 is 2.74 bits per heavy atom. The molecule has 2 rings (SSSR count). The maximum Gasteiger partial charge on any atom is 0.277 e. The number of para-hydroxylation sites is 1. The highest BCUT2D eigenvalue weighted by molar-refractivity contribution is 5.86. The number of hydrazone groups is 1. The van der Waals surface area contributed by atoms with Gasteiger partial charge in [0.1, 0.15) is 11.5 Å². The summed E-state index contributed by atoms with van der Waals surface area (Å²) in [5.41, 5.74) is 2.12. The summed E-state index contributed by atoms with van der Waals surface area (Å²) in [6, 6.07) is 12.3. The van der Waals surface area contributed by atoms with Crippen molar-refractivity contribution in [3.8, 4) is 11.5 Å². The van der Waals surface area contributed by atoms with E-state index in [2.05, 4.69) is 10.5 Å². The number of benzene rings is 2. The van der Waals surface area contributed by atoms with Gasteiger partial charge in [-0.1, -0.05) is 18.2 Å². The highest BCUT2D eigenvalue weighted by Crippen LogP contribution is 2.21. The molecule has 118 valence electrons. The average molecular weight is 315 g/mol. The second-order valence-corrected chi connectivity index (χ2v) is 4.40. The molecule has 0 unspecified atom stereocenters. The highest BCUT2D eigenvalue weighted by atomic mass is 16.6. The Morgan fingerprint density at radius 1 is 1.30 bits per heavy atom. The van der Waals surface area contributed by atoms with Gasteiger partial charge in [0, 0.05) is 17.7 Å². The molecule has 2 N–H and O–H groups in total. The maximum absolute atomic E-state index is 11.5. The molecule has 0 bridgehead atoms. The summed E-state index contributed by atoms with van der Waals surface area (Å²) in [7, 11) is 0. The zero-order valence-corrected chi connectivity index (χ0v) is 11.9. The van der Waals surface area contributed by atoms with Crippen LogP contribution in [0.2, 0.25) is 0 Å². The lowest BCUT2D eigenvalue weighted by molar-refractivity contribution is -0.384. The SMILES string of the molecule is O=C(COc1ccccc1)N/N=C/c1cc([N+](=O)[O-])ccc1O. The number of hydrogen-bond acceptors (Lipinski definition) is 6. The molecule has 0 atom stereocenters. The summed E-state index contributed by atoms with van der Waals surface area (Å²) in [5, 5.41) is 23.9. The lowest BCUT2D eigenvalue weighted by Crippen LogP contribution is -2.24. The van der Waals surface area contributed by atoms with Crippen LogP contribution in [0.4, 0.5) is 5.69 Å². The van der Waals surface area contributed by atoms with E-state index in [1.54, 1.807) is 24.3 Å². The maximum atomic E-state index is 11.5. The number of ether oxygens (including phenoxy) is 1. The summed E-state index contributed by atoms with van der Waals surface area (Å²) in [5.74, 6) is -0.146. The van der Waals surface area contributed by atoms with E-state index in [1.165, 1.54) is 12.1 Å². The summed E-state index contributed by atoms with van der Waals surface area (Å²) >= 11 is 0. The largest absolute Gasteiger partial charge is 0.507 e. The van der Waals surface area contributed by atoms with Crippen LogP contribution in [0.15, 0.2) is 53.6 Å². The molecule has 0 saturated carbocycles. The number of phenolic OH excluding ortho intramolecular Hbond substituents is 1. The molecule has 8 heteroatoms. The van der Waals surface area contributed by atoms with E-state index in [-0.39, 0.29) is 23.6 Å². The minimum absolute atomic E-state index is 0.114. The molecule has 2 aromatic rings. The topological polar surface area (TPSA) is 114 Å². The fourth-order valence-corrected chi connectivity index (χ4v) is 1.63. The first-order valence-corrected chi connectivity index (χ1v) is 6.53. The van der Waals surface area contributed by atoms with Crippen LogP contribution in [0.3, 0.4) is 0 Å². The molecule has 0 aliphatic rings. The molecule has 8 nitrogen and oxygen atoms in total. The molecule has 0 heterocycles. The Balaban J connectivity index is 1.90. The summed E-state index contributed by atoms with van der Waals surface area (Å²) in [6.07, 6.45) is 1.11. The van der Waals surface area contributed by atoms with Crippen LogP contribution in [-0.2, 0) is 4.79 Å². The molecule has 0 saturated heterocycles. The quantitative estimate of drug-likeness (QED) is 0.479. The number of nitrogens with zero attached hydrogens (tertiary/aromatic N) is 2. The van der Waals surface area contributed by atoms with Gasteiger partial charge in [0.05, 0.1) is 11.1 Å². The van der Waals surface area contributed by atoms with Gasteiger partial charge in [0.15, 0.2) is 6.61 Å². The number of non-ortho nitro benzene ring substituents is 1. The number of nitrogens with one attached hydrogen (secondary N) is 1. The molecule has 2 aromatic carbocycles. The van der Waals surface area contributed by atoms with Gasteiger partial charge in [-0.2, -0.15) is 5.10 Å². The van der Waals surface area contributed by atoms with Crippen LogP contribution in [-0.4, -0.2) is 28.8 Å². The first-order valence-electron chi connectivity index (χ1n) is 6.53. The van der Waals surface area contributed by atoms with Crippen molar-refractivity contribution in [3.05, 3.63) is 64.2 Å². The zero-order valence-electron chi connectivity index (χ0n) is 11.9. The van der Waals surface area contributed by atoms with Crippen molar-refractivity contribution in [3.63, 3.8) is 0 Å². The number of nitro benzene ring substituents is 1. The van der Waals surface area contributed by atoms with E-state index >= 15 is 0 Å². The predicted molar refractivity (Wildman–Crippen MR) is 82.4 cm³/mol. The van der Waals surface area contributed by atoms with Crippen molar-refractivity contribution in [1.29, 1.82) is 0 Å². The number of aromatic hydroxyl groups is 1. The first kappa shape index (κ1) is 16.0. The molecular weight excluding hydrogens is 302 g/mol. The predicted octanol–water partition coefficient (Wildman–Crippen LogP) is 1.83. The summed E-state index contributed by atoms with van der Waals surface area (Å²) < 4.78 is 5.22. The smallest absolute Gasteiger partial charge is 0.277 e. The normalized spacial score (nSPS) is 10.4. The number of nitro groups is 1. The second-order valence-electron chi connectivity index (χ2n) is 4.40. The second kappa shape index (κ2) is 7.55. The Hall–Kier alpha value is -3.42. The highest BCUT2D eigenvalue weighted by Gasteiger charge is 2.09. The average Bonchev–Trinajstić information content (AvgIpc) is 2.55. The van der Waals surface area contributed by atoms with Gasteiger partial charge in [-0.15, -0.1) is 0 Å². The van der Waals surface area contributed by atoms with Crippen molar-refractivity contribution >= 4 is 17.8 Å². The summed E-state index contributed by atoms with van der Waals surface area (Å²) in [6.45, 7) is -0.234. The Bertz CT molecular complexity index is 731. The number of rotatable bonds is 6. The Kier molecular flexibility index (Phi) is 5.24. The fourth-order valence-electron chi connectivity index (χ4n) is 1.63. The lowest BCUT2D eigenvalue weighted by atomic mass is 10.2. The van der Waals surface area contributed by atoms with E-state index < -0.39 is 10.8 Å². The summed E-state index contributed by atoms with van der Waals surface area (Å²) in [4.78, 5) is 21.6.